The molecule has 1 aromatic rings. The zero-order chi connectivity index (χ0) is 14.1. The molecule has 0 aliphatic carbocycles. The van der Waals surface area contributed by atoms with Crippen molar-refractivity contribution in [1.29, 1.82) is 0 Å². The molecule has 1 heterocycles. The van der Waals surface area contributed by atoms with Crippen molar-refractivity contribution < 1.29 is 8.42 Å². The number of nitrogens with one attached hydrogen (secondary N) is 1. The summed E-state index contributed by atoms with van der Waals surface area (Å²) in [7, 11) is -3.02. The Balaban J connectivity index is 2.25. The summed E-state index contributed by atoms with van der Waals surface area (Å²) >= 11 is 6.09. The van der Waals surface area contributed by atoms with Crippen molar-refractivity contribution in [2.45, 2.75) is 25.3 Å². The van der Waals surface area contributed by atoms with Gasteiger partial charge in [-0.15, -0.1) is 0 Å². The Labute approximate surface area is 119 Å². The predicted molar refractivity (Wildman–Crippen MR) is 79.5 cm³/mol. The minimum atomic E-state index is -3.02. The lowest BCUT2D eigenvalue weighted by molar-refractivity contribution is 0.450. The summed E-state index contributed by atoms with van der Waals surface area (Å²) in [6, 6.07) is 5.63. The van der Waals surface area contributed by atoms with Crippen LogP contribution in [0.25, 0.3) is 0 Å². The Morgan fingerprint density at radius 3 is 2.79 bits per heavy atom. The standard InChI is InChI=1S/C13H19ClN2O2S/c1-10-3-4-11(7-12(10)14)16-13(8-15)5-2-6-19(17,18)9-13/h3-4,7,16H,2,5-6,8-9,15H2,1H3. The van der Waals surface area contributed by atoms with E-state index < -0.39 is 15.4 Å². The SMILES string of the molecule is Cc1ccc(NC2(CN)CCCS(=O)(=O)C2)cc1Cl. The third kappa shape index (κ3) is 3.41. The maximum Gasteiger partial charge on any atom is 0.152 e. The Hall–Kier alpha value is -0.780. The molecular weight excluding hydrogens is 284 g/mol. The first-order valence-corrected chi connectivity index (χ1v) is 8.51. The molecule has 1 aliphatic heterocycles. The van der Waals surface area contributed by atoms with Crippen LogP contribution in [0.1, 0.15) is 18.4 Å². The average Bonchev–Trinajstić information content (AvgIpc) is 2.33. The molecule has 0 bridgehead atoms. The van der Waals surface area contributed by atoms with Gasteiger partial charge >= 0.3 is 0 Å². The van der Waals surface area contributed by atoms with Gasteiger partial charge in [0, 0.05) is 17.3 Å². The summed E-state index contributed by atoms with van der Waals surface area (Å²) in [5, 5.41) is 3.94. The summed E-state index contributed by atoms with van der Waals surface area (Å²) in [6.07, 6.45) is 1.40. The average molecular weight is 303 g/mol. The molecular formula is C13H19ClN2O2S. The Kier molecular flexibility index (Phi) is 4.08. The molecule has 4 nitrogen and oxygen atoms in total. The first-order chi connectivity index (χ1) is 8.86. The third-order valence-electron chi connectivity index (χ3n) is 3.58. The molecule has 1 atom stereocenters. The molecule has 106 valence electrons. The van der Waals surface area contributed by atoms with Crippen molar-refractivity contribution in [3.8, 4) is 0 Å². The minimum Gasteiger partial charge on any atom is -0.377 e. The normalized spacial score (nSPS) is 26.1. The number of hydrogen-bond acceptors (Lipinski definition) is 4. The van der Waals surface area contributed by atoms with E-state index >= 15 is 0 Å². The van der Waals surface area contributed by atoms with Crippen LogP contribution in [-0.4, -0.2) is 32.0 Å². The largest absolute Gasteiger partial charge is 0.377 e. The number of aryl methyl sites for hydroxylation is 1. The van der Waals surface area contributed by atoms with E-state index in [1.54, 1.807) is 0 Å². The molecule has 1 fully saturated rings. The summed E-state index contributed by atoms with van der Waals surface area (Å²) in [5.74, 6) is 0.340. The number of halogens is 1. The fourth-order valence-electron chi connectivity index (χ4n) is 2.48. The minimum absolute atomic E-state index is 0.0853. The van der Waals surface area contributed by atoms with Crippen LogP contribution >= 0.6 is 11.6 Å². The molecule has 0 spiro atoms. The van der Waals surface area contributed by atoms with Crippen LogP contribution in [0.4, 0.5) is 5.69 Å². The second-order valence-electron chi connectivity index (χ2n) is 5.27. The highest BCUT2D eigenvalue weighted by molar-refractivity contribution is 7.91. The highest BCUT2D eigenvalue weighted by Crippen LogP contribution is 2.28. The molecule has 2 rings (SSSR count). The lowest BCUT2D eigenvalue weighted by Gasteiger charge is -2.37. The third-order valence-corrected chi connectivity index (χ3v) is 5.89. The van der Waals surface area contributed by atoms with Gasteiger partial charge in [-0.05, 0) is 37.5 Å². The maximum atomic E-state index is 11.8. The molecule has 1 saturated heterocycles. The van der Waals surface area contributed by atoms with E-state index in [1.807, 2.05) is 25.1 Å². The number of hydrogen-bond donors (Lipinski definition) is 2. The van der Waals surface area contributed by atoms with Crippen LogP contribution in [0.15, 0.2) is 18.2 Å². The Bertz CT molecular complexity index is 574. The molecule has 1 aliphatic rings. The number of rotatable bonds is 3. The van der Waals surface area contributed by atoms with Gasteiger partial charge in [-0.2, -0.15) is 0 Å². The van der Waals surface area contributed by atoms with Gasteiger partial charge in [0.05, 0.1) is 17.0 Å². The summed E-state index contributed by atoms with van der Waals surface area (Å²) in [4.78, 5) is 0. The van der Waals surface area contributed by atoms with Crippen molar-refractivity contribution in [2.24, 2.45) is 5.73 Å². The smallest absolute Gasteiger partial charge is 0.152 e. The lowest BCUT2D eigenvalue weighted by atomic mass is 9.95. The fourth-order valence-corrected chi connectivity index (χ4v) is 4.57. The van der Waals surface area contributed by atoms with Crippen molar-refractivity contribution in [1.82, 2.24) is 0 Å². The highest BCUT2D eigenvalue weighted by Gasteiger charge is 2.37. The fraction of sp³-hybridized carbons (Fsp3) is 0.538. The predicted octanol–water partition coefficient (Wildman–Crippen LogP) is 1.97. The van der Waals surface area contributed by atoms with Gasteiger partial charge < -0.3 is 11.1 Å². The molecule has 0 radical (unpaired) electrons. The number of benzene rings is 1. The second-order valence-corrected chi connectivity index (χ2v) is 7.86. The van der Waals surface area contributed by atoms with Gasteiger partial charge in [0.15, 0.2) is 9.84 Å². The Morgan fingerprint density at radius 1 is 1.47 bits per heavy atom. The van der Waals surface area contributed by atoms with Crippen molar-refractivity contribution >= 4 is 27.1 Å². The van der Waals surface area contributed by atoms with Gasteiger partial charge in [-0.3, -0.25) is 0 Å². The van der Waals surface area contributed by atoms with E-state index in [9.17, 15) is 8.42 Å². The number of anilines is 1. The van der Waals surface area contributed by atoms with E-state index in [0.717, 1.165) is 17.7 Å². The van der Waals surface area contributed by atoms with Crippen LogP contribution in [0, 0.1) is 6.92 Å². The van der Waals surface area contributed by atoms with Gasteiger partial charge in [0.2, 0.25) is 0 Å². The van der Waals surface area contributed by atoms with Crippen LogP contribution in [0.3, 0.4) is 0 Å². The number of sulfone groups is 1. The monoisotopic (exact) mass is 302 g/mol. The second kappa shape index (κ2) is 5.31. The summed E-state index contributed by atoms with van der Waals surface area (Å²) in [6.45, 7) is 2.22. The van der Waals surface area contributed by atoms with Gasteiger partial charge in [-0.1, -0.05) is 17.7 Å². The van der Waals surface area contributed by atoms with Crippen molar-refractivity contribution in [3.63, 3.8) is 0 Å². The topological polar surface area (TPSA) is 72.2 Å². The zero-order valence-electron chi connectivity index (χ0n) is 10.9. The molecule has 19 heavy (non-hydrogen) atoms. The summed E-state index contributed by atoms with van der Waals surface area (Å²) < 4.78 is 23.6. The molecule has 3 N–H and O–H groups in total. The van der Waals surface area contributed by atoms with Gasteiger partial charge in [0.1, 0.15) is 0 Å². The molecule has 1 unspecified atom stereocenters. The first kappa shape index (κ1) is 14.6. The summed E-state index contributed by atoms with van der Waals surface area (Å²) in [5.41, 5.74) is 7.05. The first-order valence-electron chi connectivity index (χ1n) is 6.31. The van der Waals surface area contributed by atoms with E-state index in [2.05, 4.69) is 5.32 Å². The lowest BCUT2D eigenvalue weighted by Crippen LogP contribution is -2.53. The van der Waals surface area contributed by atoms with Crippen molar-refractivity contribution in [3.05, 3.63) is 28.8 Å². The quantitative estimate of drug-likeness (QED) is 0.895. The molecule has 0 aromatic heterocycles. The van der Waals surface area contributed by atoms with E-state index in [-0.39, 0.29) is 18.1 Å². The highest BCUT2D eigenvalue weighted by atomic mass is 35.5. The number of nitrogens with two attached hydrogens (primary N) is 1. The van der Waals surface area contributed by atoms with E-state index in [0.29, 0.717) is 11.4 Å². The molecule has 6 heteroatoms. The molecule has 0 amide bonds. The van der Waals surface area contributed by atoms with Crippen LogP contribution in [0.5, 0.6) is 0 Å². The van der Waals surface area contributed by atoms with Gasteiger partial charge in [0.25, 0.3) is 0 Å². The van der Waals surface area contributed by atoms with E-state index in [1.165, 1.54) is 0 Å². The molecule has 1 aromatic carbocycles. The molecule has 0 saturated carbocycles. The van der Waals surface area contributed by atoms with Crippen LogP contribution in [0.2, 0.25) is 5.02 Å². The van der Waals surface area contributed by atoms with Crippen LogP contribution < -0.4 is 11.1 Å². The van der Waals surface area contributed by atoms with E-state index in [4.69, 9.17) is 17.3 Å². The van der Waals surface area contributed by atoms with Crippen LogP contribution in [-0.2, 0) is 9.84 Å². The maximum absolute atomic E-state index is 11.8. The van der Waals surface area contributed by atoms with Crippen molar-refractivity contribution in [2.75, 3.05) is 23.4 Å². The Morgan fingerprint density at radius 2 is 2.21 bits per heavy atom. The zero-order valence-corrected chi connectivity index (χ0v) is 12.5. The van der Waals surface area contributed by atoms with Gasteiger partial charge in [-0.25, -0.2) is 8.42 Å².